The van der Waals surface area contributed by atoms with Crippen molar-refractivity contribution in [2.75, 3.05) is 7.11 Å². The zero-order valence-corrected chi connectivity index (χ0v) is 10.5. The Morgan fingerprint density at radius 1 is 1.35 bits per heavy atom. The average molecular weight is 237 g/mol. The highest BCUT2D eigenvalue weighted by atomic mass is 16.5. The average Bonchev–Trinajstić information content (AvgIpc) is 2.28. The van der Waals surface area contributed by atoms with Crippen LogP contribution >= 0.6 is 0 Å². The molecule has 1 aromatic carbocycles. The molecule has 0 aliphatic heterocycles. The van der Waals surface area contributed by atoms with Crippen molar-refractivity contribution in [3.05, 3.63) is 35.4 Å². The Kier molecular flexibility index (Phi) is 7.43. The minimum Gasteiger partial charge on any atom is -0.465 e. The van der Waals surface area contributed by atoms with Crippen LogP contribution in [0.5, 0.6) is 0 Å². The molecule has 0 fully saturated rings. The summed E-state index contributed by atoms with van der Waals surface area (Å²) in [6.07, 6.45) is 1.37. The predicted octanol–water partition coefficient (Wildman–Crippen LogP) is 2.05. The molecule has 0 aliphatic rings. The molecule has 0 saturated carbocycles. The largest absolute Gasteiger partial charge is 0.465 e. The normalized spacial score (nSPS) is 8.88. The van der Waals surface area contributed by atoms with Crippen LogP contribution in [0.4, 0.5) is 0 Å². The third kappa shape index (κ3) is 7.11. The molecule has 0 heterocycles. The first-order valence-electron chi connectivity index (χ1n) is 5.44. The van der Waals surface area contributed by atoms with E-state index >= 15 is 0 Å². The number of hydrogen-bond donors (Lipinski definition) is 1. The lowest BCUT2D eigenvalue weighted by atomic mass is 10.1. The zero-order chi connectivity index (χ0) is 13.3. The molecule has 0 unspecified atom stereocenters. The number of benzene rings is 1. The molecule has 0 saturated heterocycles. The van der Waals surface area contributed by atoms with Crippen LogP contribution in [0.2, 0.25) is 0 Å². The summed E-state index contributed by atoms with van der Waals surface area (Å²) < 4.78 is 4.55. The fourth-order valence-corrected chi connectivity index (χ4v) is 1.14. The summed E-state index contributed by atoms with van der Waals surface area (Å²) in [5.41, 5.74) is 6.43. The lowest BCUT2D eigenvalue weighted by Crippen LogP contribution is -2.08. The van der Waals surface area contributed by atoms with Crippen molar-refractivity contribution in [2.24, 2.45) is 5.73 Å². The highest BCUT2D eigenvalue weighted by Gasteiger charge is 2.02. The maximum Gasteiger partial charge on any atom is 0.337 e. The lowest BCUT2D eigenvalue weighted by molar-refractivity contribution is -0.118. The summed E-state index contributed by atoms with van der Waals surface area (Å²) in [6, 6.07) is 7.30. The molecule has 17 heavy (non-hydrogen) atoms. The summed E-state index contributed by atoms with van der Waals surface area (Å²) in [6.45, 7) is 3.86. The first-order chi connectivity index (χ1) is 8.01. The molecule has 1 aromatic rings. The van der Waals surface area contributed by atoms with E-state index < -0.39 is 0 Å². The second kappa shape index (κ2) is 8.33. The summed E-state index contributed by atoms with van der Waals surface area (Å²) in [7, 11) is 1.38. The smallest absolute Gasteiger partial charge is 0.337 e. The topological polar surface area (TPSA) is 69.4 Å². The number of amides is 1. The fourth-order valence-electron chi connectivity index (χ4n) is 1.14. The van der Waals surface area contributed by atoms with Gasteiger partial charge >= 0.3 is 5.97 Å². The van der Waals surface area contributed by atoms with Crippen molar-refractivity contribution in [1.82, 2.24) is 0 Å². The third-order valence-electron chi connectivity index (χ3n) is 1.94. The molecule has 1 amide bonds. The van der Waals surface area contributed by atoms with Crippen LogP contribution in [-0.4, -0.2) is 19.0 Å². The van der Waals surface area contributed by atoms with Gasteiger partial charge in [-0.05, 0) is 25.5 Å². The Morgan fingerprint density at radius 3 is 2.35 bits per heavy atom. The summed E-state index contributed by atoms with van der Waals surface area (Å²) in [5, 5.41) is 0. The quantitative estimate of drug-likeness (QED) is 0.818. The molecule has 0 spiro atoms. The van der Waals surface area contributed by atoms with Gasteiger partial charge in [0.2, 0.25) is 5.91 Å². The van der Waals surface area contributed by atoms with Gasteiger partial charge < -0.3 is 10.5 Å². The number of esters is 1. The fraction of sp³-hybridized carbons (Fsp3) is 0.385. The van der Waals surface area contributed by atoms with E-state index in [2.05, 4.69) is 4.74 Å². The van der Waals surface area contributed by atoms with Crippen molar-refractivity contribution in [2.45, 2.75) is 26.7 Å². The van der Waals surface area contributed by atoms with Crippen molar-refractivity contribution < 1.29 is 14.3 Å². The molecule has 0 aliphatic carbocycles. The highest BCUT2D eigenvalue weighted by molar-refractivity contribution is 5.89. The minimum absolute atomic E-state index is 0.211. The van der Waals surface area contributed by atoms with Gasteiger partial charge in [0, 0.05) is 6.42 Å². The number of methoxy groups -OCH3 is 1. The van der Waals surface area contributed by atoms with Gasteiger partial charge in [-0.15, -0.1) is 0 Å². The lowest BCUT2D eigenvalue weighted by Gasteiger charge is -1.98. The molecular weight excluding hydrogens is 218 g/mol. The van der Waals surface area contributed by atoms with Gasteiger partial charge in [-0.1, -0.05) is 24.6 Å². The predicted molar refractivity (Wildman–Crippen MR) is 66.6 cm³/mol. The summed E-state index contributed by atoms with van der Waals surface area (Å²) in [4.78, 5) is 20.8. The molecule has 0 atom stereocenters. The maximum atomic E-state index is 10.9. The summed E-state index contributed by atoms with van der Waals surface area (Å²) >= 11 is 0. The van der Waals surface area contributed by atoms with Crippen LogP contribution in [0.3, 0.4) is 0 Å². The van der Waals surface area contributed by atoms with Gasteiger partial charge in [-0.3, -0.25) is 4.79 Å². The standard InChI is InChI=1S/C9H10O2.C4H9NO/c1-7-4-3-5-8(6-7)9(10)11-2;1-2-3-4(5)6/h3-6H,1-2H3;2-3H2,1H3,(H2,5,6). The number of carbonyl (C=O) groups excluding carboxylic acids is 2. The molecule has 1 rings (SSSR count). The molecule has 0 bridgehead atoms. The van der Waals surface area contributed by atoms with Crippen LogP contribution in [0, 0.1) is 6.92 Å². The first-order valence-corrected chi connectivity index (χ1v) is 5.44. The third-order valence-corrected chi connectivity index (χ3v) is 1.94. The molecule has 4 nitrogen and oxygen atoms in total. The van der Waals surface area contributed by atoms with E-state index in [1.807, 2.05) is 26.0 Å². The van der Waals surface area contributed by atoms with Gasteiger partial charge in [0.05, 0.1) is 12.7 Å². The van der Waals surface area contributed by atoms with Crippen molar-refractivity contribution in [3.63, 3.8) is 0 Å². The molecule has 0 aromatic heterocycles. The van der Waals surface area contributed by atoms with E-state index in [1.165, 1.54) is 7.11 Å². The van der Waals surface area contributed by atoms with E-state index in [1.54, 1.807) is 12.1 Å². The van der Waals surface area contributed by atoms with E-state index in [0.29, 0.717) is 12.0 Å². The van der Waals surface area contributed by atoms with Gasteiger partial charge in [0.15, 0.2) is 0 Å². The molecule has 94 valence electrons. The number of aryl methyl sites for hydroxylation is 1. The van der Waals surface area contributed by atoms with Crippen LogP contribution in [0.15, 0.2) is 24.3 Å². The number of ether oxygens (including phenoxy) is 1. The highest BCUT2D eigenvalue weighted by Crippen LogP contribution is 2.04. The molecular formula is C13H19NO3. The number of nitrogens with two attached hydrogens (primary N) is 1. The van der Waals surface area contributed by atoms with Crippen molar-refractivity contribution in [3.8, 4) is 0 Å². The van der Waals surface area contributed by atoms with Crippen LogP contribution in [0.25, 0.3) is 0 Å². The Bertz CT molecular complexity index is 375. The van der Waals surface area contributed by atoms with Crippen LogP contribution in [-0.2, 0) is 9.53 Å². The van der Waals surface area contributed by atoms with Gasteiger partial charge in [0.1, 0.15) is 0 Å². The maximum absolute atomic E-state index is 10.9. The van der Waals surface area contributed by atoms with Crippen LogP contribution in [0.1, 0.15) is 35.7 Å². The Balaban J connectivity index is 0.000000366. The first kappa shape index (κ1) is 15.2. The number of carbonyl (C=O) groups is 2. The second-order valence-corrected chi connectivity index (χ2v) is 3.58. The molecule has 4 heteroatoms. The Morgan fingerprint density at radius 2 is 2.00 bits per heavy atom. The van der Waals surface area contributed by atoms with Crippen molar-refractivity contribution in [1.29, 1.82) is 0 Å². The second-order valence-electron chi connectivity index (χ2n) is 3.58. The Hall–Kier alpha value is -1.84. The zero-order valence-electron chi connectivity index (χ0n) is 10.5. The number of hydrogen-bond acceptors (Lipinski definition) is 3. The van der Waals surface area contributed by atoms with E-state index in [-0.39, 0.29) is 11.9 Å². The van der Waals surface area contributed by atoms with Gasteiger partial charge in [0.25, 0.3) is 0 Å². The molecule has 0 radical (unpaired) electrons. The Labute approximate surface area is 102 Å². The van der Waals surface area contributed by atoms with E-state index in [0.717, 1.165) is 12.0 Å². The monoisotopic (exact) mass is 237 g/mol. The SMILES string of the molecule is CCCC(N)=O.COC(=O)c1cccc(C)c1. The van der Waals surface area contributed by atoms with Crippen molar-refractivity contribution >= 4 is 11.9 Å². The summed E-state index contributed by atoms with van der Waals surface area (Å²) in [5.74, 6) is -0.494. The number of rotatable bonds is 3. The minimum atomic E-state index is -0.284. The molecule has 2 N–H and O–H groups in total. The van der Waals surface area contributed by atoms with E-state index in [9.17, 15) is 9.59 Å². The van der Waals surface area contributed by atoms with Gasteiger partial charge in [-0.25, -0.2) is 4.79 Å². The van der Waals surface area contributed by atoms with Gasteiger partial charge in [-0.2, -0.15) is 0 Å². The van der Waals surface area contributed by atoms with Crippen LogP contribution < -0.4 is 5.73 Å². The number of primary amides is 1. The van der Waals surface area contributed by atoms with E-state index in [4.69, 9.17) is 5.73 Å².